The average molecular weight is 268 g/mol. The first-order chi connectivity index (χ1) is 9.15. The highest BCUT2D eigenvalue weighted by molar-refractivity contribution is 5.79. The van der Waals surface area contributed by atoms with Crippen LogP contribution in [0.4, 0.5) is 0 Å². The first-order valence-corrected chi connectivity index (χ1v) is 7.25. The zero-order valence-corrected chi connectivity index (χ0v) is 11.9. The van der Waals surface area contributed by atoms with E-state index in [0.717, 1.165) is 38.8 Å². The maximum Gasteiger partial charge on any atom is 0.309 e. The molecule has 0 aromatic carbocycles. The van der Waals surface area contributed by atoms with Crippen LogP contribution < -0.4 is 0 Å². The monoisotopic (exact) mass is 268 g/mol. The molecule has 0 aromatic heterocycles. The first kappa shape index (κ1) is 14.3. The van der Waals surface area contributed by atoms with Crippen molar-refractivity contribution in [3.05, 3.63) is 0 Å². The zero-order chi connectivity index (χ0) is 13.8. The predicted molar refractivity (Wildman–Crippen MR) is 71.6 cm³/mol. The van der Waals surface area contributed by atoms with Gasteiger partial charge in [-0.05, 0) is 39.2 Å². The predicted octanol–water partition coefficient (Wildman–Crippen LogP) is 0.882. The Morgan fingerprint density at radius 2 is 2.05 bits per heavy atom. The lowest BCUT2D eigenvalue weighted by molar-refractivity contribution is -0.148. The summed E-state index contributed by atoms with van der Waals surface area (Å²) in [5.41, 5.74) is 0. The third kappa shape index (κ3) is 3.69. The molecule has 19 heavy (non-hydrogen) atoms. The van der Waals surface area contributed by atoms with Crippen LogP contribution in [0.15, 0.2) is 0 Å². The van der Waals surface area contributed by atoms with Crippen molar-refractivity contribution in [3.8, 4) is 0 Å². The molecule has 1 amide bonds. The van der Waals surface area contributed by atoms with Crippen LogP contribution in [0.5, 0.6) is 0 Å². The van der Waals surface area contributed by atoms with Crippen molar-refractivity contribution >= 4 is 11.9 Å². The summed E-state index contributed by atoms with van der Waals surface area (Å²) in [7, 11) is 1.43. The van der Waals surface area contributed by atoms with Crippen LogP contribution in [-0.2, 0) is 14.3 Å². The number of nitrogens with zero attached hydrogens (tertiary/aromatic N) is 2. The SMILES string of the molecule is CCN(C(=O)CN1CCC[C@H](C(=O)OC)C1)C1CC1. The van der Waals surface area contributed by atoms with Gasteiger partial charge in [0.15, 0.2) is 0 Å². The molecule has 2 aliphatic rings. The normalized spacial score (nSPS) is 24.0. The van der Waals surface area contributed by atoms with Crippen molar-refractivity contribution in [1.82, 2.24) is 9.80 Å². The van der Waals surface area contributed by atoms with Gasteiger partial charge in [-0.15, -0.1) is 0 Å². The molecule has 1 aliphatic heterocycles. The molecule has 2 rings (SSSR count). The van der Waals surface area contributed by atoms with Crippen LogP contribution in [-0.4, -0.2) is 61.0 Å². The lowest BCUT2D eigenvalue weighted by atomic mass is 9.98. The Labute approximate surface area is 114 Å². The lowest BCUT2D eigenvalue weighted by Crippen LogP contribution is -2.46. The number of carbonyl (C=O) groups excluding carboxylic acids is 2. The molecule has 2 fully saturated rings. The Morgan fingerprint density at radius 1 is 1.32 bits per heavy atom. The first-order valence-electron chi connectivity index (χ1n) is 7.25. The molecular formula is C14H24N2O3. The Kier molecular flexibility index (Phi) is 4.80. The van der Waals surface area contributed by atoms with Gasteiger partial charge in [0.05, 0.1) is 19.6 Å². The highest BCUT2D eigenvalue weighted by Gasteiger charge is 2.33. The molecule has 1 aliphatic carbocycles. The van der Waals surface area contributed by atoms with E-state index in [9.17, 15) is 9.59 Å². The average Bonchev–Trinajstić information content (AvgIpc) is 3.23. The van der Waals surface area contributed by atoms with E-state index in [1.165, 1.54) is 7.11 Å². The Morgan fingerprint density at radius 3 is 2.63 bits per heavy atom. The Hall–Kier alpha value is -1.10. The van der Waals surface area contributed by atoms with E-state index >= 15 is 0 Å². The molecule has 0 spiro atoms. The minimum absolute atomic E-state index is 0.0671. The quantitative estimate of drug-likeness (QED) is 0.695. The fourth-order valence-corrected chi connectivity index (χ4v) is 2.86. The molecule has 5 heteroatoms. The molecule has 1 saturated heterocycles. The van der Waals surface area contributed by atoms with Gasteiger partial charge in [0, 0.05) is 19.1 Å². The summed E-state index contributed by atoms with van der Waals surface area (Å²) in [4.78, 5) is 27.9. The van der Waals surface area contributed by atoms with E-state index in [4.69, 9.17) is 4.74 Å². The van der Waals surface area contributed by atoms with Gasteiger partial charge in [-0.2, -0.15) is 0 Å². The molecule has 5 nitrogen and oxygen atoms in total. The van der Waals surface area contributed by atoms with Crippen molar-refractivity contribution < 1.29 is 14.3 Å². The number of likely N-dealkylation sites (N-methyl/N-ethyl adjacent to an activating group) is 1. The summed E-state index contributed by atoms with van der Waals surface area (Å²) < 4.78 is 4.80. The molecule has 0 unspecified atom stereocenters. The van der Waals surface area contributed by atoms with Crippen LogP contribution in [0.25, 0.3) is 0 Å². The van der Waals surface area contributed by atoms with Gasteiger partial charge in [-0.3, -0.25) is 14.5 Å². The van der Waals surface area contributed by atoms with Gasteiger partial charge >= 0.3 is 5.97 Å². The molecule has 0 aromatic rings. The van der Waals surface area contributed by atoms with Crippen LogP contribution in [0.1, 0.15) is 32.6 Å². The summed E-state index contributed by atoms with van der Waals surface area (Å²) in [6, 6.07) is 0.471. The second-order valence-corrected chi connectivity index (χ2v) is 5.51. The van der Waals surface area contributed by atoms with Crippen LogP contribution in [0.3, 0.4) is 0 Å². The summed E-state index contributed by atoms with van der Waals surface area (Å²) in [5, 5.41) is 0. The molecule has 0 bridgehead atoms. The highest BCUT2D eigenvalue weighted by Crippen LogP contribution is 2.27. The van der Waals surface area contributed by atoms with Crippen molar-refractivity contribution in [3.63, 3.8) is 0 Å². The van der Waals surface area contributed by atoms with Gasteiger partial charge in [0.25, 0.3) is 0 Å². The van der Waals surface area contributed by atoms with E-state index in [0.29, 0.717) is 19.1 Å². The smallest absolute Gasteiger partial charge is 0.309 e. The van der Waals surface area contributed by atoms with Crippen LogP contribution in [0, 0.1) is 5.92 Å². The Bertz CT molecular complexity index is 342. The number of piperidine rings is 1. The van der Waals surface area contributed by atoms with E-state index in [2.05, 4.69) is 4.90 Å². The number of rotatable bonds is 5. The second kappa shape index (κ2) is 6.37. The third-order valence-electron chi connectivity index (χ3n) is 4.05. The van der Waals surface area contributed by atoms with E-state index in [1.807, 2.05) is 11.8 Å². The van der Waals surface area contributed by atoms with Gasteiger partial charge in [-0.1, -0.05) is 0 Å². The van der Waals surface area contributed by atoms with E-state index < -0.39 is 0 Å². The number of esters is 1. The molecule has 0 radical (unpaired) electrons. The topological polar surface area (TPSA) is 49.9 Å². The standard InChI is InChI=1S/C14H24N2O3/c1-3-16(12-6-7-12)13(17)10-15-8-4-5-11(9-15)14(18)19-2/h11-12H,3-10H2,1-2H3/t11-/m0/s1. The number of hydrogen-bond acceptors (Lipinski definition) is 4. The molecular weight excluding hydrogens is 244 g/mol. The molecule has 0 N–H and O–H groups in total. The molecule has 1 saturated carbocycles. The summed E-state index contributed by atoms with van der Waals surface area (Å²) in [5.74, 6) is -0.00948. The largest absolute Gasteiger partial charge is 0.469 e. The molecule has 108 valence electrons. The van der Waals surface area contributed by atoms with Crippen molar-refractivity contribution in [2.75, 3.05) is 33.3 Å². The number of ether oxygens (including phenoxy) is 1. The number of likely N-dealkylation sites (tertiary alicyclic amines) is 1. The minimum atomic E-state index is -0.147. The van der Waals surface area contributed by atoms with E-state index in [-0.39, 0.29) is 17.8 Å². The molecule has 1 heterocycles. The van der Waals surface area contributed by atoms with Crippen molar-refractivity contribution in [2.45, 2.75) is 38.6 Å². The maximum absolute atomic E-state index is 12.2. The number of methoxy groups -OCH3 is 1. The number of carbonyl (C=O) groups is 2. The summed E-state index contributed by atoms with van der Waals surface area (Å²) in [6.07, 6.45) is 4.12. The van der Waals surface area contributed by atoms with Crippen LogP contribution >= 0.6 is 0 Å². The third-order valence-corrected chi connectivity index (χ3v) is 4.05. The van der Waals surface area contributed by atoms with Gasteiger partial charge < -0.3 is 9.64 Å². The zero-order valence-electron chi connectivity index (χ0n) is 11.9. The maximum atomic E-state index is 12.2. The minimum Gasteiger partial charge on any atom is -0.469 e. The highest BCUT2D eigenvalue weighted by atomic mass is 16.5. The second-order valence-electron chi connectivity index (χ2n) is 5.51. The molecule has 1 atom stereocenters. The summed E-state index contributed by atoms with van der Waals surface area (Å²) in [6.45, 7) is 4.82. The van der Waals surface area contributed by atoms with Crippen molar-refractivity contribution in [1.29, 1.82) is 0 Å². The van der Waals surface area contributed by atoms with Gasteiger partial charge in [-0.25, -0.2) is 0 Å². The summed E-state index contributed by atoms with van der Waals surface area (Å²) >= 11 is 0. The van der Waals surface area contributed by atoms with Crippen molar-refractivity contribution in [2.24, 2.45) is 5.92 Å². The number of hydrogen-bond donors (Lipinski definition) is 0. The van der Waals surface area contributed by atoms with Gasteiger partial charge in [0.1, 0.15) is 0 Å². The fourth-order valence-electron chi connectivity index (χ4n) is 2.86. The van der Waals surface area contributed by atoms with Gasteiger partial charge in [0.2, 0.25) is 5.91 Å². The van der Waals surface area contributed by atoms with E-state index in [1.54, 1.807) is 0 Å². The Balaban J connectivity index is 1.84. The fraction of sp³-hybridized carbons (Fsp3) is 0.857. The van der Waals surface area contributed by atoms with Crippen LogP contribution in [0.2, 0.25) is 0 Å². The number of amides is 1. The lowest BCUT2D eigenvalue weighted by Gasteiger charge is -2.32.